The van der Waals surface area contributed by atoms with Gasteiger partial charge in [-0.3, -0.25) is 14.7 Å². The molecule has 1 aliphatic heterocycles. The van der Waals surface area contributed by atoms with Gasteiger partial charge in [0.2, 0.25) is 5.91 Å². The highest BCUT2D eigenvalue weighted by molar-refractivity contribution is 7.99. The van der Waals surface area contributed by atoms with E-state index in [-0.39, 0.29) is 6.54 Å². The fourth-order valence-electron chi connectivity index (χ4n) is 2.89. The third kappa shape index (κ3) is 3.99. The fourth-order valence-corrected chi connectivity index (χ4v) is 3.87. The zero-order chi connectivity index (χ0) is 18.9. The van der Waals surface area contributed by atoms with Gasteiger partial charge in [-0.25, -0.2) is 0 Å². The highest BCUT2D eigenvalue weighted by Crippen LogP contribution is 2.34. The van der Waals surface area contributed by atoms with Crippen molar-refractivity contribution in [3.63, 3.8) is 0 Å². The summed E-state index contributed by atoms with van der Waals surface area (Å²) in [4.78, 5) is 19.3. The summed E-state index contributed by atoms with van der Waals surface area (Å²) in [5.74, 6) is -0.490. The Morgan fingerprint density at radius 2 is 2.12 bits per heavy atom. The molecule has 0 fully saturated rings. The third-order valence-electron chi connectivity index (χ3n) is 4.14. The largest absolute Gasteiger partial charge is 0.416 e. The van der Waals surface area contributed by atoms with E-state index in [0.29, 0.717) is 5.02 Å². The van der Waals surface area contributed by atoms with Crippen molar-refractivity contribution in [3.8, 4) is 0 Å². The molecule has 138 valence electrons. The first kappa shape index (κ1) is 19.0. The SMILES string of the molecule is CCSc1ccc(Cl)cc1CN1C=NC2C=CC(C(F)(F)F)=CC2C1=O. The lowest BCUT2D eigenvalue weighted by Crippen LogP contribution is -2.43. The second-order valence-corrected chi connectivity index (χ2v) is 7.65. The molecular weight excluding hydrogens is 385 g/mol. The van der Waals surface area contributed by atoms with Crippen molar-refractivity contribution in [2.75, 3.05) is 5.75 Å². The Labute approximate surface area is 158 Å². The molecule has 26 heavy (non-hydrogen) atoms. The predicted molar refractivity (Wildman–Crippen MR) is 97.4 cm³/mol. The highest BCUT2D eigenvalue weighted by atomic mass is 35.5. The fraction of sp³-hybridized carbons (Fsp3) is 0.333. The molecule has 1 aromatic carbocycles. The van der Waals surface area contributed by atoms with Crippen LogP contribution >= 0.6 is 23.4 Å². The van der Waals surface area contributed by atoms with Crippen molar-refractivity contribution >= 4 is 35.6 Å². The smallest absolute Gasteiger partial charge is 0.298 e. The van der Waals surface area contributed by atoms with E-state index in [1.807, 2.05) is 13.0 Å². The van der Waals surface area contributed by atoms with E-state index >= 15 is 0 Å². The molecule has 0 bridgehead atoms. The number of alkyl halides is 3. The summed E-state index contributed by atoms with van der Waals surface area (Å²) < 4.78 is 38.9. The number of benzene rings is 1. The number of thioether (sulfide) groups is 1. The lowest BCUT2D eigenvalue weighted by atomic mass is 9.89. The Morgan fingerprint density at radius 1 is 1.35 bits per heavy atom. The van der Waals surface area contributed by atoms with E-state index in [9.17, 15) is 18.0 Å². The third-order valence-corrected chi connectivity index (χ3v) is 5.37. The van der Waals surface area contributed by atoms with Crippen molar-refractivity contribution in [1.29, 1.82) is 0 Å². The molecule has 2 atom stereocenters. The molecule has 0 radical (unpaired) electrons. The number of carbonyl (C=O) groups is 1. The summed E-state index contributed by atoms with van der Waals surface area (Å²) in [5.41, 5.74) is 0.0307. The Morgan fingerprint density at radius 3 is 2.81 bits per heavy atom. The Hall–Kier alpha value is -1.73. The lowest BCUT2D eigenvalue weighted by molar-refractivity contribution is -0.131. The second kappa shape index (κ2) is 7.48. The Kier molecular flexibility index (Phi) is 5.48. The summed E-state index contributed by atoms with van der Waals surface area (Å²) >= 11 is 7.68. The van der Waals surface area contributed by atoms with Crippen LogP contribution in [0.25, 0.3) is 0 Å². The molecule has 0 saturated carbocycles. The summed E-state index contributed by atoms with van der Waals surface area (Å²) in [6, 6.07) is 4.83. The molecule has 8 heteroatoms. The number of aliphatic imine (C=N–C) groups is 1. The van der Waals surface area contributed by atoms with Gasteiger partial charge in [0, 0.05) is 9.92 Å². The van der Waals surface area contributed by atoms with E-state index in [1.165, 1.54) is 17.3 Å². The molecule has 0 N–H and O–H groups in total. The quantitative estimate of drug-likeness (QED) is 0.676. The van der Waals surface area contributed by atoms with Crippen LogP contribution in [0.4, 0.5) is 13.2 Å². The van der Waals surface area contributed by atoms with Crippen molar-refractivity contribution < 1.29 is 18.0 Å². The number of allylic oxidation sites excluding steroid dienone is 2. The summed E-state index contributed by atoms with van der Waals surface area (Å²) in [7, 11) is 0. The van der Waals surface area contributed by atoms with Gasteiger partial charge in [-0.05, 0) is 29.5 Å². The van der Waals surface area contributed by atoms with Crippen LogP contribution in [0.1, 0.15) is 12.5 Å². The van der Waals surface area contributed by atoms with Crippen molar-refractivity contribution in [3.05, 3.63) is 52.6 Å². The van der Waals surface area contributed by atoms with Gasteiger partial charge in [0.25, 0.3) is 0 Å². The van der Waals surface area contributed by atoms with Crippen LogP contribution in [0.3, 0.4) is 0 Å². The van der Waals surface area contributed by atoms with Crippen LogP contribution in [-0.4, -0.2) is 35.1 Å². The standard InChI is InChI=1S/C18H16ClF3N2OS/c1-2-26-16-6-4-13(19)7-11(16)9-24-10-23-15-5-3-12(18(20,21)22)8-14(15)17(24)25/h3-8,10,14-15H,2,9H2,1H3. The summed E-state index contributed by atoms with van der Waals surface area (Å²) in [6.07, 6.45) is 0.203. The minimum absolute atomic E-state index is 0.216. The van der Waals surface area contributed by atoms with Gasteiger partial charge in [-0.1, -0.05) is 36.8 Å². The first-order valence-electron chi connectivity index (χ1n) is 8.02. The molecule has 0 spiro atoms. The van der Waals surface area contributed by atoms with Crippen LogP contribution in [-0.2, 0) is 11.3 Å². The van der Waals surface area contributed by atoms with Crippen molar-refractivity contribution in [2.45, 2.75) is 30.6 Å². The zero-order valence-electron chi connectivity index (χ0n) is 13.8. The molecule has 2 aliphatic rings. The Balaban J connectivity index is 1.86. The number of fused-ring (bicyclic) bond motifs is 1. The number of halogens is 4. The summed E-state index contributed by atoms with van der Waals surface area (Å²) in [6.45, 7) is 2.23. The van der Waals surface area contributed by atoms with Crippen LogP contribution in [0.2, 0.25) is 5.02 Å². The number of rotatable bonds is 4. The Bertz CT molecular complexity index is 804. The van der Waals surface area contributed by atoms with Gasteiger partial charge >= 0.3 is 6.18 Å². The maximum atomic E-state index is 13.0. The molecule has 1 aliphatic carbocycles. The van der Waals surface area contributed by atoms with Gasteiger partial charge in [-0.2, -0.15) is 13.2 Å². The molecule has 0 aromatic heterocycles. The van der Waals surface area contributed by atoms with Gasteiger partial charge in [0.15, 0.2) is 0 Å². The average Bonchev–Trinajstić information content (AvgIpc) is 2.59. The number of nitrogens with zero attached hydrogens (tertiary/aromatic N) is 2. The number of amides is 1. The van der Waals surface area contributed by atoms with Crippen LogP contribution in [0.15, 0.2) is 51.9 Å². The zero-order valence-corrected chi connectivity index (χ0v) is 15.4. The van der Waals surface area contributed by atoms with Crippen molar-refractivity contribution in [2.24, 2.45) is 10.9 Å². The minimum atomic E-state index is -4.48. The average molecular weight is 401 g/mol. The maximum absolute atomic E-state index is 13.0. The van der Waals surface area contributed by atoms with E-state index in [4.69, 9.17) is 11.6 Å². The molecule has 1 aromatic rings. The second-order valence-electron chi connectivity index (χ2n) is 5.91. The van der Waals surface area contributed by atoms with E-state index in [0.717, 1.165) is 28.4 Å². The van der Waals surface area contributed by atoms with Crippen LogP contribution < -0.4 is 0 Å². The molecule has 3 rings (SSSR count). The molecule has 2 unspecified atom stereocenters. The monoisotopic (exact) mass is 400 g/mol. The topological polar surface area (TPSA) is 32.7 Å². The van der Waals surface area contributed by atoms with Crippen molar-refractivity contribution in [1.82, 2.24) is 4.90 Å². The summed E-state index contributed by atoms with van der Waals surface area (Å²) in [5, 5.41) is 0.541. The molecular formula is C18H16ClF3N2OS. The molecule has 1 heterocycles. The van der Waals surface area contributed by atoms with E-state index in [2.05, 4.69) is 4.99 Å². The number of carbonyl (C=O) groups excluding carboxylic acids is 1. The van der Waals surface area contributed by atoms with E-state index in [1.54, 1.807) is 23.9 Å². The number of hydrogen-bond donors (Lipinski definition) is 0. The van der Waals surface area contributed by atoms with Gasteiger partial charge in [0.05, 0.1) is 30.4 Å². The minimum Gasteiger partial charge on any atom is -0.298 e. The predicted octanol–water partition coefficient (Wildman–Crippen LogP) is 4.87. The lowest BCUT2D eigenvalue weighted by Gasteiger charge is -2.32. The molecule has 3 nitrogen and oxygen atoms in total. The first-order valence-corrected chi connectivity index (χ1v) is 9.38. The highest BCUT2D eigenvalue weighted by Gasteiger charge is 2.40. The van der Waals surface area contributed by atoms with E-state index < -0.39 is 29.6 Å². The molecule has 1 amide bonds. The van der Waals surface area contributed by atoms with Crippen LogP contribution in [0, 0.1) is 5.92 Å². The van der Waals surface area contributed by atoms with Crippen LogP contribution in [0.5, 0.6) is 0 Å². The normalized spacial score (nSPS) is 22.4. The maximum Gasteiger partial charge on any atom is 0.416 e. The van der Waals surface area contributed by atoms with Gasteiger partial charge in [-0.15, -0.1) is 11.8 Å². The van der Waals surface area contributed by atoms with Gasteiger partial charge < -0.3 is 0 Å². The molecule has 0 saturated heterocycles. The van der Waals surface area contributed by atoms with Gasteiger partial charge in [0.1, 0.15) is 0 Å². The number of hydrogen-bond acceptors (Lipinski definition) is 3. The first-order chi connectivity index (χ1) is 12.3.